The van der Waals surface area contributed by atoms with Crippen LogP contribution in [0.5, 0.6) is 0 Å². The van der Waals surface area contributed by atoms with Gasteiger partial charge in [0.1, 0.15) is 11.2 Å². The Kier molecular flexibility index (Phi) is 3.39. The average molecular weight is 333 g/mol. The van der Waals surface area contributed by atoms with Gasteiger partial charge in [0.2, 0.25) is 0 Å². The van der Waals surface area contributed by atoms with E-state index in [9.17, 15) is 4.79 Å². The quantitative estimate of drug-likeness (QED) is 0.535. The molecule has 126 valence electrons. The number of carbonyl (C=O) groups is 1. The third-order valence-electron chi connectivity index (χ3n) is 4.01. The van der Waals surface area contributed by atoms with Crippen molar-refractivity contribution in [3.05, 3.63) is 54.9 Å². The van der Waals surface area contributed by atoms with Gasteiger partial charge in [-0.15, -0.1) is 0 Å². The van der Waals surface area contributed by atoms with Crippen LogP contribution in [0.2, 0.25) is 0 Å². The molecule has 3 aromatic heterocycles. The molecule has 1 aromatic carbocycles. The number of hydrogen-bond donors (Lipinski definition) is 1. The molecule has 4 rings (SSSR count). The van der Waals surface area contributed by atoms with Crippen LogP contribution in [0.15, 0.2) is 54.9 Å². The third-order valence-corrected chi connectivity index (χ3v) is 4.01. The largest absolute Gasteiger partial charge is 0.443 e. The zero-order chi connectivity index (χ0) is 17.6. The van der Waals surface area contributed by atoms with Gasteiger partial charge < -0.3 is 9.72 Å². The molecule has 4 aromatic rings. The van der Waals surface area contributed by atoms with Crippen LogP contribution < -0.4 is 0 Å². The van der Waals surface area contributed by atoms with Crippen LogP contribution in [0.4, 0.5) is 4.79 Å². The maximum Gasteiger partial charge on any atom is 0.419 e. The van der Waals surface area contributed by atoms with E-state index in [1.807, 2.05) is 69.4 Å². The van der Waals surface area contributed by atoms with Gasteiger partial charge in [0.05, 0.1) is 11.2 Å². The van der Waals surface area contributed by atoms with E-state index < -0.39 is 5.60 Å². The summed E-state index contributed by atoms with van der Waals surface area (Å²) in [6.45, 7) is 5.60. The summed E-state index contributed by atoms with van der Waals surface area (Å²) in [5.41, 5.74) is 2.75. The van der Waals surface area contributed by atoms with Gasteiger partial charge in [-0.05, 0) is 45.0 Å². The lowest BCUT2D eigenvalue weighted by Gasteiger charge is -2.21. The first-order valence-corrected chi connectivity index (χ1v) is 8.20. The van der Waals surface area contributed by atoms with Gasteiger partial charge in [0, 0.05) is 28.7 Å². The van der Waals surface area contributed by atoms with Gasteiger partial charge in [0.15, 0.2) is 0 Å². The summed E-state index contributed by atoms with van der Waals surface area (Å²) >= 11 is 0. The van der Waals surface area contributed by atoms with E-state index in [2.05, 4.69) is 9.97 Å². The van der Waals surface area contributed by atoms with Crippen LogP contribution in [0.3, 0.4) is 0 Å². The van der Waals surface area contributed by atoms with E-state index in [-0.39, 0.29) is 6.09 Å². The Balaban J connectivity index is 1.98. The lowest BCUT2D eigenvalue weighted by Crippen LogP contribution is -2.27. The Morgan fingerprint density at radius 3 is 2.76 bits per heavy atom. The van der Waals surface area contributed by atoms with Crippen LogP contribution in [-0.2, 0) is 4.74 Å². The summed E-state index contributed by atoms with van der Waals surface area (Å²) in [5, 5.41) is 1.96. The predicted octanol–water partition coefficient (Wildman–Crippen LogP) is 4.97. The molecule has 0 fully saturated rings. The molecule has 0 aliphatic carbocycles. The van der Waals surface area contributed by atoms with Crippen molar-refractivity contribution in [3.8, 4) is 11.3 Å². The number of fused-ring (bicyclic) bond motifs is 2. The highest BCUT2D eigenvalue weighted by Crippen LogP contribution is 2.33. The monoisotopic (exact) mass is 333 g/mol. The molecular weight excluding hydrogens is 314 g/mol. The van der Waals surface area contributed by atoms with E-state index >= 15 is 0 Å². The molecule has 0 bridgehead atoms. The number of hydrogen-bond acceptors (Lipinski definition) is 3. The first-order valence-electron chi connectivity index (χ1n) is 8.20. The summed E-state index contributed by atoms with van der Waals surface area (Å²) < 4.78 is 7.27. The minimum atomic E-state index is -0.568. The number of benzene rings is 1. The molecule has 0 unspecified atom stereocenters. The average Bonchev–Trinajstić information content (AvgIpc) is 3.14. The van der Waals surface area contributed by atoms with Gasteiger partial charge >= 0.3 is 6.09 Å². The van der Waals surface area contributed by atoms with Crippen LogP contribution in [0, 0.1) is 0 Å². The molecule has 0 saturated carbocycles. The van der Waals surface area contributed by atoms with Gasteiger partial charge in [-0.25, -0.2) is 14.3 Å². The second kappa shape index (κ2) is 5.48. The molecule has 25 heavy (non-hydrogen) atoms. The van der Waals surface area contributed by atoms with E-state index in [0.29, 0.717) is 0 Å². The zero-order valence-electron chi connectivity index (χ0n) is 14.4. The van der Waals surface area contributed by atoms with Crippen molar-refractivity contribution in [3.63, 3.8) is 0 Å². The van der Waals surface area contributed by atoms with Gasteiger partial charge in [-0.3, -0.25) is 0 Å². The molecule has 1 N–H and O–H groups in total. The number of aromatic amines is 1. The van der Waals surface area contributed by atoms with Crippen LogP contribution in [0.1, 0.15) is 20.8 Å². The van der Waals surface area contributed by atoms with Crippen molar-refractivity contribution in [1.82, 2.24) is 14.5 Å². The van der Waals surface area contributed by atoms with Crippen molar-refractivity contribution in [2.75, 3.05) is 0 Å². The summed E-state index contributed by atoms with van der Waals surface area (Å²) in [6.07, 6.45) is 3.24. The Bertz CT molecular complexity index is 1080. The maximum atomic E-state index is 12.9. The van der Waals surface area contributed by atoms with E-state index in [1.54, 1.807) is 10.8 Å². The summed E-state index contributed by atoms with van der Waals surface area (Å²) in [4.78, 5) is 20.4. The highest BCUT2D eigenvalue weighted by atomic mass is 16.6. The molecule has 0 saturated heterocycles. The topological polar surface area (TPSA) is 59.9 Å². The van der Waals surface area contributed by atoms with Crippen LogP contribution >= 0.6 is 0 Å². The predicted molar refractivity (Wildman–Crippen MR) is 98.7 cm³/mol. The van der Waals surface area contributed by atoms with Gasteiger partial charge in [-0.2, -0.15) is 0 Å². The number of nitrogens with one attached hydrogen (secondary N) is 1. The van der Waals surface area contributed by atoms with Crippen molar-refractivity contribution in [2.45, 2.75) is 26.4 Å². The number of nitrogens with zero attached hydrogens (tertiary/aromatic N) is 2. The van der Waals surface area contributed by atoms with Gasteiger partial charge in [-0.1, -0.05) is 18.2 Å². The Hall–Kier alpha value is -3.08. The lowest BCUT2D eigenvalue weighted by molar-refractivity contribution is 0.0547. The van der Waals surface area contributed by atoms with E-state index in [0.717, 1.165) is 33.2 Å². The fourth-order valence-corrected chi connectivity index (χ4v) is 3.03. The third kappa shape index (κ3) is 2.67. The highest BCUT2D eigenvalue weighted by molar-refractivity contribution is 6.01. The fraction of sp³-hybridized carbons (Fsp3) is 0.200. The number of para-hydroxylation sites is 1. The van der Waals surface area contributed by atoms with E-state index in [1.165, 1.54) is 0 Å². The molecular formula is C20H19N3O2. The highest BCUT2D eigenvalue weighted by Gasteiger charge is 2.23. The van der Waals surface area contributed by atoms with Crippen LogP contribution in [-0.4, -0.2) is 26.2 Å². The second-order valence-electron chi connectivity index (χ2n) is 7.01. The van der Waals surface area contributed by atoms with E-state index in [4.69, 9.17) is 4.74 Å². The molecule has 0 atom stereocenters. The SMILES string of the molecule is CC(C)(C)OC(=O)n1c(-c2c[nH]c3ncccc23)cc2ccccc21. The van der Waals surface area contributed by atoms with Gasteiger partial charge in [0.25, 0.3) is 0 Å². The molecule has 0 aliphatic rings. The number of H-pyrrole nitrogens is 1. The van der Waals surface area contributed by atoms with Crippen molar-refractivity contribution in [2.24, 2.45) is 0 Å². The minimum absolute atomic E-state index is 0.387. The van der Waals surface area contributed by atoms with Crippen LogP contribution in [0.25, 0.3) is 33.2 Å². The normalized spacial score (nSPS) is 12.0. The maximum absolute atomic E-state index is 12.9. The standard InChI is InChI=1S/C20H19N3O2/c1-20(2,3)25-19(24)23-16-9-5-4-7-13(16)11-17(23)15-12-22-18-14(15)8-6-10-21-18/h4-12H,1-3H3,(H,21,22). The Morgan fingerprint density at radius 1 is 1.16 bits per heavy atom. The molecule has 0 radical (unpaired) electrons. The molecule has 5 nitrogen and oxygen atoms in total. The number of pyridine rings is 1. The number of rotatable bonds is 1. The zero-order valence-corrected chi connectivity index (χ0v) is 14.4. The van der Waals surface area contributed by atoms with Crippen molar-refractivity contribution in [1.29, 1.82) is 0 Å². The van der Waals surface area contributed by atoms with Crippen molar-refractivity contribution < 1.29 is 9.53 Å². The smallest absolute Gasteiger partial charge is 0.419 e. The molecule has 5 heteroatoms. The minimum Gasteiger partial charge on any atom is -0.443 e. The first kappa shape index (κ1) is 15.4. The van der Waals surface area contributed by atoms with Crippen molar-refractivity contribution >= 4 is 28.0 Å². The Morgan fingerprint density at radius 2 is 1.96 bits per heavy atom. The first-order chi connectivity index (χ1) is 11.9. The lowest BCUT2D eigenvalue weighted by atomic mass is 10.1. The number of ether oxygens (including phenoxy) is 1. The number of carbonyl (C=O) groups excluding carboxylic acids is 1. The summed E-state index contributed by atoms with van der Waals surface area (Å²) in [5.74, 6) is 0. The molecule has 0 spiro atoms. The fourth-order valence-electron chi connectivity index (χ4n) is 3.03. The molecule has 0 aliphatic heterocycles. The molecule has 0 amide bonds. The second-order valence-corrected chi connectivity index (χ2v) is 7.01. The Labute approximate surface area is 145 Å². The number of aromatic nitrogens is 3. The molecule has 3 heterocycles. The summed E-state index contributed by atoms with van der Waals surface area (Å²) in [6, 6.07) is 13.7. The summed E-state index contributed by atoms with van der Waals surface area (Å²) in [7, 11) is 0.